The maximum Gasteiger partial charge on any atom is 0.148 e. The van der Waals surface area contributed by atoms with Gasteiger partial charge in [0.25, 0.3) is 0 Å². The SMILES string of the molecule is COCCn1ccc(NCc2cn(-c3ccccc3)nc2C(C)C)n1. The average Bonchev–Trinajstić information content (AvgIpc) is 3.26. The van der Waals surface area contributed by atoms with Gasteiger partial charge in [0.1, 0.15) is 5.82 Å². The van der Waals surface area contributed by atoms with E-state index in [-0.39, 0.29) is 0 Å². The Morgan fingerprint density at radius 2 is 1.92 bits per heavy atom. The number of ether oxygens (including phenoxy) is 1. The molecule has 0 aliphatic carbocycles. The molecule has 0 fully saturated rings. The van der Waals surface area contributed by atoms with Crippen LogP contribution in [0.5, 0.6) is 0 Å². The third kappa shape index (κ3) is 4.28. The fourth-order valence-corrected chi connectivity index (χ4v) is 2.71. The van der Waals surface area contributed by atoms with Crippen molar-refractivity contribution in [2.24, 2.45) is 0 Å². The van der Waals surface area contributed by atoms with Crippen LogP contribution in [0.25, 0.3) is 5.69 Å². The summed E-state index contributed by atoms with van der Waals surface area (Å²) in [5.74, 6) is 1.22. The van der Waals surface area contributed by atoms with E-state index in [0.717, 1.165) is 23.7 Å². The quantitative estimate of drug-likeness (QED) is 0.683. The Balaban J connectivity index is 1.73. The number of hydrogen-bond acceptors (Lipinski definition) is 4. The molecular weight excluding hydrogens is 314 g/mol. The number of rotatable bonds is 8. The van der Waals surface area contributed by atoms with Gasteiger partial charge < -0.3 is 10.1 Å². The molecule has 0 saturated carbocycles. The minimum atomic E-state index is 0.362. The third-order valence-corrected chi connectivity index (χ3v) is 4.02. The molecule has 0 unspecified atom stereocenters. The van der Waals surface area contributed by atoms with Crippen molar-refractivity contribution in [3.8, 4) is 5.69 Å². The molecule has 3 aromatic rings. The highest BCUT2D eigenvalue weighted by Gasteiger charge is 2.13. The molecular formula is C19H25N5O. The van der Waals surface area contributed by atoms with Crippen LogP contribution in [0.3, 0.4) is 0 Å². The van der Waals surface area contributed by atoms with Crippen molar-refractivity contribution in [3.63, 3.8) is 0 Å². The molecule has 2 heterocycles. The van der Waals surface area contributed by atoms with Crippen LogP contribution in [-0.4, -0.2) is 33.3 Å². The molecule has 0 aliphatic heterocycles. The summed E-state index contributed by atoms with van der Waals surface area (Å²) in [4.78, 5) is 0. The molecule has 1 aromatic carbocycles. The predicted molar refractivity (Wildman–Crippen MR) is 99.1 cm³/mol. The molecule has 132 valence electrons. The number of para-hydroxylation sites is 1. The van der Waals surface area contributed by atoms with Gasteiger partial charge in [-0.1, -0.05) is 32.0 Å². The molecule has 0 saturated heterocycles. The van der Waals surface area contributed by atoms with Gasteiger partial charge in [0.05, 0.1) is 24.5 Å². The van der Waals surface area contributed by atoms with Gasteiger partial charge in [-0.05, 0) is 18.1 Å². The molecule has 25 heavy (non-hydrogen) atoms. The summed E-state index contributed by atoms with van der Waals surface area (Å²) in [6.07, 6.45) is 4.05. The van der Waals surface area contributed by atoms with Crippen molar-refractivity contribution in [1.82, 2.24) is 19.6 Å². The Labute approximate surface area is 148 Å². The van der Waals surface area contributed by atoms with Gasteiger partial charge in [0.15, 0.2) is 0 Å². The lowest BCUT2D eigenvalue weighted by Gasteiger charge is -2.06. The van der Waals surface area contributed by atoms with Gasteiger partial charge >= 0.3 is 0 Å². The summed E-state index contributed by atoms with van der Waals surface area (Å²) >= 11 is 0. The second-order valence-electron chi connectivity index (χ2n) is 6.28. The molecule has 0 spiro atoms. The number of anilines is 1. The van der Waals surface area contributed by atoms with Crippen LogP contribution in [0, 0.1) is 0 Å². The molecule has 3 rings (SSSR count). The van der Waals surface area contributed by atoms with Gasteiger partial charge in [-0.25, -0.2) is 4.68 Å². The zero-order chi connectivity index (χ0) is 17.6. The van der Waals surface area contributed by atoms with Crippen LogP contribution in [0.1, 0.15) is 31.0 Å². The molecule has 0 amide bonds. The molecule has 6 heteroatoms. The Morgan fingerprint density at radius 1 is 1.12 bits per heavy atom. The summed E-state index contributed by atoms with van der Waals surface area (Å²) in [7, 11) is 1.69. The molecule has 2 aromatic heterocycles. The first-order valence-electron chi connectivity index (χ1n) is 8.57. The molecule has 1 N–H and O–H groups in total. The number of methoxy groups -OCH3 is 1. The summed E-state index contributed by atoms with van der Waals surface area (Å²) in [6.45, 7) is 6.44. The van der Waals surface area contributed by atoms with E-state index in [1.807, 2.05) is 39.8 Å². The van der Waals surface area contributed by atoms with E-state index in [2.05, 4.69) is 42.6 Å². The van der Waals surface area contributed by atoms with Crippen molar-refractivity contribution < 1.29 is 4.74 Å². The van der Waals surface area contributed by atoms with Crippen LogP contribution < -0.4 is 5.32 Å². The maximum absolute atomic E-state index is 5.08. The third-order valence-electron chi connectivity index (χ3n) is 4.02. The summed E-state index contributed by atoms with van der Waals surface area (Å²) < 4.78 is 8.90. The first-order valence-corrected chi connectivity index (χ1v) is 8.57. The smallest absolute Gasteiger partial charge is 0.148 e. The minimum Gasteiger partial charge on any atom is -0.383 e. The number of hydrogen-bond donors (Lipinski definition) is 1. The van der Waals surface area contributed by atoms with E-state index in [1.54, 1.807) is 7.11 Å². The van der Waals surface area contributed by atoms with Crippen molar-refractivity contribution in [1.29, 1.82) is 0 Å². The zero-order valence-corrected chi connectivity index (χ0v) is 15.0. The summed E-state index contributed by atoms with van der Waals surface area (Å²) in [5.41, 5.74) is 3.36. The molecule has 6 nitrogen and oxygen atoms in total. The first kappa shape index (κ1) is 17.2. The number of nitrogens with zero attached hydrogens (tertiary/aromatic N) is 4. The van der Waals surface area contributed by atoms with Crippen LogP contribution in [0.4, 0.5) is 5.82 Å². The lowest BCUT2D eigenvalue weighted by Crippen LogP contribution is -2.06. The van der Waals surface area contributed by atoms with Crippen molar-refractivity contribution in [2.75, 3.05) is 19.0 Å². The van der Waals surface area contributed by atoms with E-state index in [9.17, 15) is 0 Å². The second-order valence-corrected chi connectivity index (χ2v) is 6.28. The van der Waals surface area contributed by atoms with E-state index in [1.165, 1.54) is 5.56 Å². The van der Waals surface area contributed by atoms with Crippen molar-refractivity contribution in [3.05, 3.63) is 60.0 Å². The van der Waals surface area contributed by atoms with E-state index in [0.29, 0.717) is 19.1 Å². The first-order chi connectivity index (χ1) is 12.2. The van der Waals surface area contributed by atoms with E-state index >= 15 is 0 Å². The van der Waals surface area contributed by atoms with Crippen LogP contribution in [0.2, 0.25) is 0 Å². The number of benzene rings is 1. The lowest BCUT2D eigenvalue weighted by molar-refractivity contribution is 0.183. The Bertz CT molecular complexity index is 791. The van der Waals surface area contributed by atoms with Crippen LogP contribution >= 0.6 is 0 Å². The zero-order valence-electron chi connectivity index (χ0n) is 15.0. The molecule has 0 atom stereocenters. The van der Waals surface area contributed by atoms with Crippen LogP contribution in [0.15, 0.2) is 48.8 Å². The molecule has 0 bridgehead atoms. The van der Waals surface area contributed by atoms with Gasteiger partial charge in [-0.3, -0.25) is 4.68 Å². The second kappa shape index (κ2) is 7.98. The van der Waals surface area contributed by atoms with Gasteiger partial charge in [0.2, 0.25) is 0 Å². The Kier molecular flexibility index (Phi) is 5.50. The Hall–Kier alpha value is -2.60. The molecule has 0 aliphatic rings. The van der Waals surface area contributed by atoms with Gasteiger partial charge in [-0.15, -0.1) is 0 Å². The normalized spacial score (nSPS) is 11.2. The average molecular weight is 339 g/mol. The highest BCUT2D eigenvalue weighted by atomic mass is 16.5. The number of aromatic nitrogens is 4. The fourth-order valence-electron chi connectivity index (χ4n) is 2.71. The topological polar surface area (TPSA) is 56.9 Å². The monoisotopic (exact) mass is 339 g/mol. The number of nitrogens with one attached hydrogen (secondary N) is 1. The fraction of sp³-hybridized carbons (Fsp3) is 0.368. The van der Waals surface area contributed by atoms with Crippen molar-refractivity contribution in [2.45, 2.75) is 32.9 Å². The minimum absolute atomic E-state index is 0.362. The maximum atomic E-state index is 5.08. The largest absolute Gasteiger partial charge is 0.383 e. The molecule has 0 radical (unpaired) electrons. The summed E-state index contributed by atoms with van der Waals surface area (Å²) in [6, 6.07) is 12.2. The Morgan fingerprint density at radius 3 is 2.64 bits per heavy atom. The van der Waals surface area contributed by atoms with Gasteiger partial charge in [0, 0.05) is 37.7 Å². The predicted octanol–water partition coefficient (Wildman–Crippen LogP) is 3.45. The van der Waals surface area contributed by atoms with Crippen molar-refractivity contribution >= 4 is 5.82 Å². The standard InChI is InChI=1S/C19H25N5O/c1-15(2)19-16(14-24(22-19)17-7-5-4-6-8-17)13-20-18-9-10-23(21-18)11-12-25-3/h4-10,14-15H,11-13H2,1-3H3,(H,20,21). The lowest BCUT2D eigenvalue weighted by atomic mass is 10.1. The highest BCUT2D eigenvalue weighted by molar-refractivity contribution is 5.37. The summed E-state index contributed by atoms with van der Waals surface area (Å²) in [5, 5.41) is 12.7. The van der Waals surface area contributed by atoms with E-state index < -0.39 is 0 Å². The van der Waals surface area contributed by atoms with Crippen LogP contribution in [-0.2, 0) is 17.8 Å². The van der Waals surface area contributed by atoms with E-state index in [4.69, 9.17) is 9.84 Å². The van der Waals surface area contributed by atoms with Gasteiger partial charge in [-0.2, -0.15) is 10.2 Å². The highest BCUT2D eigenvalue weighted by Crippen LogP contribution is 2.21.